The average molecular weight is 649 g/mol. The van der Waals surface area contributed by atoms with Gasteiger partial charge in [-0.3, -0.25) is 0 Å². The van der Waals surface area contributed by atoms with E-state index < -0.39 is 0 Å². The highest BCUT2D eigenvalue weighted by Gasteiger charge is 2.13. The molecule has 8 aromatic carbocycles. The van der Waals surface area contributed by atoms with Crippen LogP contribution in [0, 0.1) is 0 Å². The first kappa shape index (κ1) is 28.0. The molecule has 3 nitrogen and oxygen atoms in total. The van der Waals surface area contributed by atoms with E-state index in [1.807, 2.05) is 12.1 Å². The van der Waals surface area contributed by atoms with Gasteiger partial charge in [-0.1, -0.05) is 133 Å². The summed E-state index contributed by atoms with van der Waals surface area (Å²) in [5.41, 5.74) is 9.97. The SMILES string of the molecule is c1ccc2c(c1)oc1ccc(-c3ccc(-c4ccc5ccc6ccc(-c7ccc8c9ccccc9c9ccccc9c8c7)nc6c5n4)cc3)cc12. The van der Waals surface area contributed by atoms with Gasteiger partial charge in [0.05, 0.1) is 22.4 Å². The zero-order valence-corrected chi connectivity index (χ0v) is 27.5. The van der Waals surface area contributed by atoms with E-state index in [1.54, 1.807) is 0 Å². The fourth-order valence-electron chi connectivity index (χ4n) is 7.90. The van der Waals surface area contributed by atoms with Crippen LogP contribution < -0.4 is 0 Å². The van der Waals surface area contributed by atoms with Gasteiger partial charge in [-0.25, -0.2) is 9.97 Å². The van der Waals surface area contributed by atoms with Gasteiger partial charge in [0.1, 0.15) is 11.2 Å². The van der Waals surface area contributed by atoms with Crippen LogP contribution in [0.5, 0.6) is 0 Å². The zero-order chi connectivity index (χ0) is 33.5. The highest BCUT2D eigenvalue weighted by Crippen LogP contribution is 2.38. The van der Waals surface area contributed by atoms with Crippen molar-refractivity contribution in [2.75, 3.05) is 0 Å². The molecule has 0 aliphatic carbocycles. The van der Waals surface area contributed by atoms with Crippen LogP contribution in [-0.2, 0) is 0 Å². The molecule has 0 fully saturated rings. The second-order valence-corrected chi connectivity index (χ2v) is 13.3. The van der Waals surface area contributed by atoms with Gasteiger partial charge >= 0.3 is 0 Å². The van der Waals surface area contributed by atoms with Crippen LogP contribution in [0.4, 0.5) is 0 Å². The Labute approximate surface area is 293 Å². The normalized spacial score (nSPS) is 11.9. The molecule has 0 bridgehead atoms. The lowest BCUT2D eigenvalue weighted by atomic mass is 9.93. The molecule has 3 heteroatoms. The Bertz CT molecular complexity index is 3160. The summed E-state index contributed by atoms with van der Waals surface area (Å²) in [6, 6.07) is 60.3. The standard InChI is InChI=1S/C48H28N2O/c1-2-9-37-35(7-1)36-8-3-4-10-38(36)41-28-34(19-23-39(37)41)44-25-21-32-18-17-31-20-24-43(49-47(31)48(32)50-44)30-15-13-29(14-16-30)33-22-26-46-42(27-33)40-11-5-6-12-45(40)51-46/h1-28H. The molecule has 0 aliphatic heterocycles. The number of benzene rings is 8. The molecule has 0 aliphatic rings. The number of rotatable bonds is 3. The summed E-state index contributed by atoms with van der Waals surface area (Å²) in [5, 5.41) is 12.0. The number of fused-ring (bicyclic) bond motifs is 12. The van der Waals surface area contributed by atoms with Crippen molar-refractivity contribution >= 4 is 76.1 Å². The van der Waals surface area contributed by atoms with Crippen LogP contribution in [0.3, 0.4) is 0 Å². The molecule has 51 heavy (non-hydrogen) atoms. The average Bonchev–Trinajstić information content (AvgIpc) is 3.58. The van der Waals surface area contributed by atoms with Crippen LogP contribution >= 0.6 is 0 Å². The Morgan fingerprint density at radius 1 is 0.294 bits per heavy atom. The third kappa shape index (κ3) is 4.38. The first-order valence-electron chi connectivity index (χ1n) is 17.3. The van der Waals surface area contributed by atoms with Crippen LogP contribution in [0.2, 0.25) is 0 Å². The maximum Gasteiger partial charge on any atom is 0.135 e. The number of pyridine rings is 2. The van der Waals surface area contributed by atoms with Gasteiger partial charge in [0.25, 0.3) is 0 Å². The van der Waals surface area contributed by atoms with Crippen molar-refractivity contribution in [1.29, 1.82) is 0 Å². The maximum atomic E-state index is 6.05. The second-order valence-electron chi connectivity index (χ2n) is 13.3. The summed E-state index contributed by atoms with van der Waals surface area (Å²) in [7, 11) is 0. The van der Waals surface area contributed by atoms with Gasteiger partial charge in [-0.2, -0.15) is 0 Å². The van der Waals surface area contributed by atoms with Crippen molar-refractivity contribution in [2.24, 2.45) is 0 Å². The monoisotopic (exact) mass is 648 g/mol. The molecule has 0 amide bonds. The van der Waals surface area contributed by atoms with Gasteiger partial charge < -0.3 is 4.42 Å². The van der Waals surface area contributed by atoms with E-state index in [-0.39, 0.29) is 0 Å². The number of hydrogen-bond acceptors (Lipinski definition) is 3. The molecule has 3 heterocycles. The van der Waals surface area contributed by atoms with Gasteiger partial charge in [-0.05, 0) is 79.8 Å². The predicted molar refractivity (Wildman–Crippen MR) is 213 cm³/mol. The minimum Gasteiger partial charge on any atom is -0.456 e. The maximum absolute atomic E-state index is 6.05. The summed E-state index contributed by atoms with van der Waals surface area (Å²) in [6.07, 6.45) is 0. The Balaban J connectivity index is 1.00. The van der Waals surface area contributed by atoms with E-state index in [0.717, 1.165) is 77.4 Å². The minimum atomic E-state index is 0.906. The lowest BCUT2D eigenvalue weighted by Crippen LogP contribution is -1.91. The van der Waals surface area contributed by atoms with Gasteiger partial charge in [0.15, 0.2) is 0 Å². The lowest BCUT2D eigenvalue weighted by Gasteiger charge is -2.12. The number of furan rings is 1. The van der Waals surface area contributed by atoms with Gasteiger partial charge in [0.2, 0.25) is 0 Å². The first-order valence-corrected chi connectivity index (χ1v) is 17.3. The Hall–Kier alpha value is -6.84. The number of nitrogens with zero attached hydrogens (tertiary/aromatic N) is 2. The summed E-state index contributed by atoms with van der Waals surface area (Å²) >= 11 is 0. The summed E-state index contributed by atoms with van der Waals surface area (Å²) in [5.74, 6) is 0. The largest absolute Gasteiger partial charge is 0.456 e. The summed E-state index contributed by atoms with van der Waals surface area (Å²) in [4.78, 5) is 10.5. The molecule has 236 valence electrons. The molecule has 0 saturated heterocycles. The van der Waals surface area contributed by atoms with E-state index in [4.69, 9.17) is 14.4 Å². The molecular weight excluding hydrogens is 621 g/mol. The topological polar surface area (TPSA) is 38.9 Å². The predicted octanol–water partition coefficient (Wildman–Crippen LogP) is 13.1. The quantitative estimate of drug-likeness (QED) is 0.179. The van der Waals surface area contributed by atoms with Crippen LogP contribution in [0.15, 0.2) is 174 Å². The molecular formula is C48H28N2O. The zero-order valence-electron chi connectivity index (χ0n) is 27.5. The van der Waals surface area contributed by atoms with E-state index in [0.29, 0.717) is 0 Å². The first-order chi connectivity index (χ1) is 25.2. The van der Waals surface area contributed by atoms with Crippen molar-refractivity contribution in [1.82, 2.24) is 9.97 Å². The van der Waals surface area contributed by atoms with E-state index in [1.165, 1.54) is 32.3 Å². The lowest BCUT2D eigenvalue weighted by molar-refractivity contribution is 0.669. The van der Waals surface area contributed by atoms with Crippen molar-refractivity contribution in [3.05, 3.63) is 170 Å². The van der Waals surface area contributed by atoms with Crippen molar-refractivity contribution in [2.45, 2.75) is 0 Å². The van der Waals surface area contributed by atoms with E-state index >= 15 is 0 Å². The van der Waals surface area contributed by atoms with E-state index in [2.05, 4.69) is 158 Å². The number of para-hydroxylation sites is 1. The summed E-state index contributed by atoms with van der Waals surface area (Å²) < 4.78 is 6.05. The Kier molecular flexibility index (Phi) is 5.96. The molecule has 3 aromatic heterocycles. The number of hydrogen-bond donors (Lipinski definition) is 0. The van der Waals surface area contributed by atoms with Crippen LogP contribution in [0.25, 0.3) is 110 Å². The molecule has 0 spiro atoms. The highest BCUT2D eigenvalue weighted by molar-refractivity contribution is 6.25. The fourth-order valence-corrected chi connectivity index (χ4v) is 7.90. The fraction of sp³-hybridized carbons (Fsp3) is 0. The van der Waals surface area contributed by atoms with Crippen molar-refractivity contribution in [3.63, 3.8) is 0 Å². The second kappa shape index (κ2) is 10.8. The third-order valence-electron chi connectivity index (χ3n) is 10.5. The van der Waals surface area contributed by atoms with Crippen molar-refractivity contribution < 1.29 is 4.42 Å². The molecule has 0 atom stereocenters. The molecule has 0 unspecified atom stereocenters. The Morgan fingerprint density at radius 2 is 0.745 bits per heavy atom. The van der Waals surface area contributed by atoms with Crippen molar-refractivity contribution in [3.8, 4) is 33.6 Å². The minimum absolute atomic E-state index is 0.906. The molecule has 11 rings (SSSR count). The molecule has 0 radical (unpaired) electrons. The Morgan fingerprint density at radius 3 is 1.41 bits per heavy atom. The smallest absolute Gasteiger partial charge is 0.135 e. The highest BCUT2D eigenvalue weighted by atomic mass is 16.3. The molecule has 11 aromatic rings. The third-order valence-corrected chi connectivity index (χ3v) is 10.5. The van der Waals surface area contributed by atoms with Crippen LogP contribution in [-0.4, -0.2) is 9.97 Å². The summed E-state index contributed by atoms with van der Waals surface area (Å²) in [6.45, 7) is 0. The van der Waals surface area contributed by atoms with Gasteiger partial charge in [0, 0.05) is 32.7 Å². The molecule has 0 N–H and O–H groups in total. The molecule has 0 saturated carbocycles. The van der Waals surface area contributed by atoms with Gasteiger partial charge in [-0.15, -0.1) is 0 Å². The van der Waals surface area contributed by atoms with E-state index in [9.17, 15) is 0 Å². The van der Waals surface area contributed by atoms with Crippen LogP contribution in [0.1, 0.15) is 0 Å². The number of aromatic nitrogens is 2.